The van der Waals surface area contributed by atoms with Crippen molar-refractivity contribution in [1.82, 2.24) is 0 Å². The SMILES string of the molecule is O=C(Nc1cc(Cl)ccc1Oc1ccc(Br)c2ccccc12)c1cc(Cl)cc(Cl)c1O. The summed E-state index contributed by atoms with van der Waals surface area (Å²) in [6.45, 7) is 0. The van der Waals surface area contributed by atoms with Gasteiger partial charge in [-0.2, -0.15) is 0 Å². The molecule has 0 aliphatic heterocycles. The minimum absolute atomic E-state index is 0.0263. The van der Waals surface area contributed by atoms with E-state index in [1.54, 1.807) is 18.2 Å². The first kappa shape index (κ1) is 21.8. The molecule has 0 aromatic heterocycles. The molecule has 0 fully saturated rings. The largest absolute Gasteiger partial charge is 0.506 e. The third-order valence-corrected chi connectivity index (χ3v) is 5.95. The van der Waals surface area contributed by atoms with E-state index in [4.69, 9.17) is 39.5 Å². The van der Waals surface area contributed by atoms with E-state index >= 15 is 0 Å². The van der Waals surface area contributed by atoms with Gasteiger partial charge in [-0.25, -0.2) is 0 Å². The van der Waals surface area contributed by atoms with Crippen LogP contribution in [0.15, 0.2) is 71.2 Å². The summed E-state index contributed by atoms with van der Waals surface area (Å²) in [6, 6.07) is 19.0. The first-order valence-electron chi connectivity index (χ1n) is 8.97. The fourth-order valence-corrected chi connectivity index (χ4v) is 4.20. The monoisotopic (exact) mass is 535 g/mol. The van der Waals surface area contributed by atoms with Crippen LogP contribution in [-0.2, 0) is 0 Å². The van der Waals surface area contributed by atoms with Gasteiger partial charge in [-0.05, 0) is 47.9 Å². The maximum atomic E-state index is 12.8. The zero-order valence-corrected chi connectivity index (χ0v) is 19.5. The second-order valence-corrected chi connectivity index (χ2v) is 8.71. The number of ether oxygens (including phenoxy) is 1. The number of benzene rings is 4. The highest BCUT2D eigenvalue weighted by molar-refractivity contribution is 9.10. The molecule has 4 rings (SSSR count). The molecule has 0 heterocycles. The quantitative estimate of drug-likeness (QED) is 0.275. The zero-order chi connectivity index (χ0) is 22.1. The number of aromatic hydroxyl groups is 1. The topological polar surface area (TPSA) is 58.6 Å². The summed E-state index contributed by atoms with van der Waals surface area (Å²) in [5.74, 6) is -0.00948. The van der Waals surface area contributed by atoms with Gasteiger partial charge >= 0.3 is 0 Å². The number of amides is 1. The van der Waals surface area contributed by atoms with Gasteiger partial charge in [0.15, 0.2) is 5.75 Å². The zero-order valence-electron chi connectivity index (χ0n) is 15.6. The highest BCUT2D eigenvalue weighted by Crippen LogP contribution is 2.38. The number of carbonyl (C=O) groups is 1. The Balaban J connectivity index is 1.71. The van der Waals surface area contributed by atoms with Crippen LogP contribution < -0.4 is 10.1 Å². The van der Waals surface area contributed by atoms with E-state index < -0.39 is 5.91 Å². The van der Waals surface area contributed by atoms with Gasteiger partial charge in [0.25, 0.3) is 5.91 Å². The van der Waals surface area contributed by atoms with Crippen molar-refractivity contribution in [2.45, 2.75) is 0 Å². The summed E-state index contributed by atoms with van der Waals surface area (Å²) >= 11 is 21.6. The fraction of sp³-hybridized carbons (Fsp3) is 0. The molecule has 0 bridgehead atoms. The molecule has 156 valence electrons. The Morgan fingerprint density at radius 2 is 1.58 bits per heavy atom. The van der Waals surface area contributed by atoms with Gasteiger partial charge in [0, 0.05) is 19.9 Å². The number of phenols is 1. The molecule has 0 aliphatic carbocycles. The molecule has 4 aromatic rings. The number of fused-ring (bicyclic) bond motifs is 1. The second-order valence-electron chi connectivity index (χ2n) is 6.57. The van der Waals surface area contributed by atoms with Crippen molar-refractivity contribution in [3.8, 4) is 17.2 Å². The molecule has 4 nitrogen and oxygen atoms in total. The molecule has 0 saturated carbocycles. The van der Waals surface area contributed by atoms with Gasteiger partial charge in [0.05, 0.1) is 16.3 Å². The molecule has 0 radical (unpaired) electrons. The van der Waals surface area contributed by atoms with Crippen LogP contribution in [0.2, 0.25) is 15.1 Å². The van der Waals surface area contributed by atoms with Gasteiger partial charge in [-0.1, -0.05) is 75.0 Å². The third-order valence-electron chi connectivity index (χ3n) is 4.51. The summed E-state index contributed by atoms with van der Waals surface area (Å²) in [5, 5.41) is 15.3. The molecule has 0 atom stereocenters. The maximum Gasteiger partial charge on any atom is 0.259 e. The van der Waals surface area contributed by atoms with Crippen LogP contribution in [0.3, 0.4) is 0 Å². The lowest BCUT2D eigenvalue weighted by atomic mass is 10.1. The number of halogens is 4. The van der Waals surface area contributed by atoms with Crippen molar-refractivity contribution < 1.29 is 14.6 Å². The molecule has 31 heavy (non-hydrogen) atoms. The van der Waals surface area contributed by atoms with E-state index in [-0.39, 0.29) is 21.4 Å². The van der Waals surface area contributed by atoms with Crippen LogP contribution >= 0.6 is 50.7 Å². The molecule has 1 amide bonds. The first-order chi connectivity index (χ1) is 14.8. The predicted molar refractivity (Wildman–Crippen MR) is 129 cm³/mol. The number of hydrogen-bond donors (Lipinski definition) is 2. The number of nitrogens with one attached hydrogen (secondary N) is 1. The van der Waals surface area contributed by atoms with Gasteiger partial charge in [-0.15, -0.1) is 0 Å². The fourth-order valence-electron chi connectivity index (χ4n) is 3.06. The Labute approximate surface area is 201 Å². The first-order valence-corrected chi connectivity index (χ1v) is 10.9. The van der Waals surface area contributed by atoms with Crippen molar-refractivity contribution in [3.63, 3.8) is 0 Å². The van der Waals surface area contributed by atoms with Gasteiger partial charge < -0.3 is 15.2 Å². The Bertz CT molecular complexity index is 1330. The number of phenolic OH excluding ortho intramolecular Hbond substituents is 1. The van der Waals surface area contributed by atoms with Crippen molar-refractivity contribution in [3.05, 3.63) is 91.8 Å². The molecular weight excluding hydrogens is 525 g/mol. The average molecular weight is 538 g/mol. The van der Waals surface area contributed by atoms with Crippen molar-refractivity contribution in [1.29, 1.82) is 0 Å². The van der Waals surface area contributed by atoms with Crippen LogP contribution in [-0.4, -0.2) is 11.0 Å². The second kappa shape index (κ2) is 8.97. The van der Waals surface area contributed by atoms with Crippen LogP contribution in [0.4, 0.5) is 5.69 Å². The lowest BCUT2D eigenvalue weighted by Gasteiger charge is -2.15. The minimum Gasteiger partial charge on any atom is -0.506 e. The van der Waals surface area contributed by atoms with E-state index in [1.807, 2.05) is 36.4 Å². The Kier molecular flexibility index (Phi) is 6.30. The molecule has 0 saturated heterocycles. The smallest absolute Gasteiger partial charge is 0.259 e. The summed E-state index contributed by atoms with van der Waals surface area (Å²) in [4.78, 5) is 12.8. The van der Waals surface area contributed by atoms with Crippen LogP contribution in [0.25, 0.3) is 10.8 Å². The normalized spacial score (nSPS) is 10.8. The molecule has 0 spiro atoms. The minimum atomic E-state index is -0.616. The molecule has 4 aromatic carbocycles. The van der Waals surface area contributed by atoms with E-state index in [0.29, 0.717) is 22.2 Å². The number of rotatable bonds is 4. The number of anilines is 1. The lowest BCUT2D eigenvalue weighted by molar-refractivity contribution is 0.102. The summed E-state index contributed by atoms with van der Waals surface area (Å²) in [5.41, 5.74) is 0.248. The molecular formula is C23H13BrCl3NO3. The predicted octanol–water partition coefficient (Wildman–Crippen LogP) is 8.31. The van der Waals surface area contributed by atoms with Crippen LogP contribution in [0.5, 0.6) is 17.2 Å². The lowest BCUT2D eigenvalue weighted by Crippen LogP contribution is -2.13. The van der Waals surface area contributed by atoms with E-state index in [2.05, 4.69) is 21.2 Å². The maximum absolute atomic E-state index is 12.8. The van der Waals surface area contributed by atoms with Gasteiger partial charge in [0.2, 0.25) is 0 Å². The Morgan fingerprint density at radius 1 is 0.871 bits per heavy atom. The van der Waals surface area contributed by atoms with E-state index in [9.17, 15) is 9.90 Å². The van der Waals surface area contributed by atoms with Crippen molar-refractivity contribution >= 4 is 73.1 Å². The standard InChI is InChI=1S/C23H13BrCl3NO3/c24-17-6-8-20(15-4-2-1-3-14(15)17)31-21-7-5-12(25)11-19(21)28-23(30)16-9-13(26)10-18(27)22(16)29/h1-11,29H,(H,28,30). The van der Waals surface area contributed by atoms with Crippen molar-refractivity contribution in [2.24, 2.45) is 0 Å². The average Bonchev–Trinajstić information content (AvgIpc) is 2.74. The summed E-state index contributed by atoms with van der Waals surface area (Å²) < 4.78 is 7.08. The third kappa shape index (κ3) is 4.60. The van der Waals surface area contributed by atoms with Crippen LogP contribution in [0.1, 0.15) is 10.4 Å². The molecule has 0 aliphatic rings. The highest BCUT2D eigenvalue weighted by Gasteiger charge is 2.18. The van der Waals surface area contributed by atoms with E-state index in [0.717, 1.165) is 15.2 Å². The molecule has 0 unspecified atom stereocenters. The highest BCUT2D eigenvalue weighted by atomic mass is 79.9. The molecule has 2 N–H and O–H groups in total. The number of carbonyl (C=O) groups excluding carboxylic acids is 1. The summed E-state index contributed by atoms with van der Waals surface area (Å²) in [6.07, 6.45) is 0. The Hall–Kier alpha value is -2.44. The molecule has 8 heteroatoms. The summed E-state index contributed by atoms with van der Waals surface area (Å²) in [7, 11) is 0. The Morgan fingerprint density at radius 3 is 2.35 bits per heavy atom. The van der Waals surface area contributed by atoms with E-state index in [1.165, 1.54) is 12.1 Å². The van der Waals surface area contributed by atoms with Crippen molar-refractivity contribution in [2.75, 3.05) is 5.32 Å². The van der Waals surface area contributed by atoms with Gasteiger partial charge in [0.1, 0.15) is 11.5 Å². The van der Waals surface area contributed by atoms with Crippen LogP contribution in [0, 0.1) is 0 Å². The van der Waals surface area contributed by atoms with Gasteiger partial charge in [-0.3, -0.25) is 4.79 Å². The number of hydrogen-bond acceptors (Lipinski definition) is 3.